The van der Waals surface area contributed by atoms with Gasteiger partial charge < -0.3 is 10.2 Å². The Kier molecular flexibility index (Phi) is 9.57. The van der Waals surface area contributed by atoms with Crippen LogP contribution in [0.3, 0.4) is 0 Å². The summed E-state index contributed by atoms with van der Waals surface area (Å²) in [5.74, 6) is -0.929. The van der Waals surface area contributed by atoms with E-state index < -0.39 is 28.5 Å². The molecule has 0 aliphatic rings. The zero-order valence-electron chi connectivity index (χ0n) is 19.1. The Morgan fingerprint density at radius 3 is 2.09 bits per heavy atom. The first-order chi connectivity index (χ1) is 15.5. The topological polar surface area (TPSA) is 86.8 Å². The van der Waals surface area contributed by atoms with Gasteiger partial charge in [-0.15, -0.1) is 0 Å². The van der Waals surface area contributed by atoms with E-state index in [4.69, 9.17) is 23.2 Å². The third-order valence-electron chi connectivity index (χ3n) is 5.22. The van der Waals surface area contributed by atoms with Crippen molar-refractivity contribution >= 4 is 50.7 Å². The van der Waals surface area contributed by atoms with Gasteiger partial charge in [-0.05, 0) is 50.1 Å². The minimum absolute atomic E-state index is 0.0536. The fraction of sp³-hybridized carbons (Fsp3) is 0.391. The number of likely N-dealkylation sites (N-methyl/N-ethyl adjacent to an activating group) is 1. The zero-order valence-corrected chi connectivity index (χ0v) is 21.5. The van der Waals surface area contributed by atoms with E-state index in [-0.39, 0.29) is 12.5 Å². The van der Waals surface area contributed by atoms with E-state index in [1.54, 1.807) is 44.2 Å². The van der Waals surface area contributed by atoms with Crippen LogP contribution in [0, 0.1) is 0 Å². The van der Waals surface area contributed by atoms with Crippen molar-refractivity contribution in [2.75, 3.05) is 23.7 Å². The number of aryl methyl sites for hydroxylation is 1. The maximum atomic E-state index is 13.4. The minimum atomic E-state index is -3.78. The standard InChI is InChI=1S/C23H29Cl2N3O4S/c1-5-17-10-12-18(13-11-17)28(33(4,31)32)15-22(29)27(16(3)23(30)26-6-2)14-19-20(24)8-7-9-21(19)25/h7-13,16H,5-6,14-15H2,1-4H3,(H,26,30)/t16-/m1/s1. The normalized spacial score (nSPS) is 12.2. The number of anilines is 1. The first-order valence-electron chi connectivity index (χ1n) is 10.6. The van der Waals surface area contributed by atoms with Crippen LogP contribution in [0.1, 0.15) is 31.9 Å². The van der Waals surface area contributed by atoms with Crippen molar-refractivity contribution in [3.05, 3.63) is 63.6 Å². The second-order valence-electron chi connectivity index (χ2n) is 7.58. The fourth-order valence-corrected chi connectivity index (χ4v) is 4.64. The smallest absolute Gasteiger partial charge is 0.244 e. The van der Waals surface area contributed by atoms with Crippen LogP contribution < -0.4 is 9.62 Å². The lowest BCUT2D eigenvalue weighted by molar-refractivity contribution is -0.139. The highest BCUT2D eigenvalue weighted by atomic mass is 35.5. The van der Waals surface area contributed by atoms with Crippen LogP contribution in [0.2, 0.25) is 10.0 Å². The number of carbonyl (C=O) groups excluding carboxylic acids is 2. The lowest BCUT2D eigenvalue weighted by atomic mass is 10.1. The maximum absolute atomic E-state index is 13.4. The van der Waals surface area contributed by atoms with Gasteiger partial charge in [0, 0.05) is 28.7 Å². The van der Waals surface area contributed by atoms with Gasteiger partial charge in [-0.1, -0.05) is 48.3 Å². The Hall–Kier alpha value is -2.29. The summed E-state index contributed by atoms with van der Waals surface area (Å²) in [5.41, 5.74) is 1.88. The van der Waals surface area contributed by atoms with Crippen LogP contribution in [-0.2, 0) is 32.6 Å². The molecule has 0 bridgehead atoms. The number of rotatable bonds is 10. The highest BCUT2D eigenvalue weighted by Crippen LogP contribution is 2.27. The quantitative estimate of drug-likeness (QED) is 0.522. The molecule has 0 aliphatic heterocycles. The average molecular weight is 514 g/mol. The van der Waals surface area contributed by atoms with Gasteiger partial charge in [0.2, 0.25) is 21.8 Å². The van der Waals surface area contributed by atoms with Crippen molar-refractivity contribution in [2.45, 2.75) is 39.8 Å². The molecule has 2 aromatic rings. The Morgan fingerprint density at radius 1 is 1.03 bits per heavy atom. The fourth-order valence-electron chi connectivity index (χ4n) is 3.27. The summed E-state index contributed by atoms with van der Waals surface area (Å²) in [7, 11) is -3.78. The number of hydrogen-bond acceptors (Lipinski definition) is 4. The number of sulfonamides is 1. The number of nitrogens with one attached hydrogen (secondary N) is 1. The zero-order chi connectivity index (χ0) is 24.8. The van der Waals surface area contributed by atoms with Crippen molar-refractivity contribution in [1.82, 2.24) is 10.2 Å². The van der Waals surface area contributed by atoms with Gasteiger partial charge in [0.25, 0.3) is 0 Å². The predicted octanol–water partition coefficient (Wildman–Crippen LogP) is 3.88. The molecule has 0 radical (unpaired) electrons. The summed E-state index contributed by atoms with van der Waals surface area (Å²) in [5, 5.41) is 3.38. The molecule has 0 heterocycles. The Morgan fingerprint density at radius 2 is 1.61 bits per heavy atom. The molecule has 0 unspecified atom stereocenters. The summed E-state index contributed by atoms with van der Waals surface area (Å²) < 4.78 is 26.1. The monoisotopic (exact) mass is 513 g/mol. The molecule has 1 atom stereocenters. The van der Waals surface area contributed by atoms with Crippen molar-refractivity contribution in [2.24, 2.45) is 0 Å². The molecule has 2 aromatic carbocycles. The summed E-state index contributed by atoms with van der Waals surface area (Å²) >= 11 is 12.6. The molecule has 1 N–H and O–H groups in total. The Labute approximate surface area is 205 Å². The predicted molar refractivity (Wildman–Crippen MR) is 133 cm³/mol. The molecule has 0 aliphatic carbocycles. The molecule has 7 nitrogen and oxygen atoms in total. The summed E-state index contributed by atoms with van der Waals surface area (Å²) in [6.45, 7) is 5.20. The molecule has 2 rings (SSSR count). The summed E-state index contributed by atoms with van der Waals surface area (Å²) in [4.78, 5) is 27.3. The SMILES string of the molecule is CCNC(=O)[C@@H](C)N(Cc1c(Cl)cccc1Cl)C(=O)CN(c1ccc(CC)cc1)S(C)(=O)=O. The third kappa shape index (κ3) is 7.09. The number of nitrogens with zero attached hydrogens (tertiary/aromatic N) is 2. The number of benzene rings is 2. The average Bonchev–Trinajstić information content (AvgIpc) is 2.76. The number of halogens is 2. The molecule has 0 aromatic heterocycles. The van der Waals surface area contributed by atoms with E-state index in [9.17, 15) is 18.0 Å². The molecule has 33 heavy (non-hydrogen) atoms. The maximum Gasteiger partial charge on any atom is 0.244 e. The molecule has 0 saturated heterocycles. The van der Waals surface area contributed by atoms with Gasteiger partial charge in [0.1, 0.15) is 12.6 Å². The van der Waals surface area contributed by atoms with Gasteiger partial charge in [0.15, 0.2) is 0 Å². The molecule has 0 fully saturated rings. The van der Waals surface area contributed by atoms with Crippen molar-refractivity contribution in [3.63, 3.8) is 0 Å². The van der Waals surface area contributed by atoms with Gasteiger partial charge in [0.05, 0.1) is 11.9 Å². The van der Waals surface area contributed by atoms with E-state index in [1.165, 1.54) is 4.90 Å². The molecule has 10 heteroatoms. The van der Waals surface area contributed by atoms with Gasteiger partial charge in [-0.3, -0.25) is 13.9 Å². The van der Waals surface area contributed by atoms with Crippen LogP contribution >= 0.6 is 23.2 Å². The lowest BCUT2D eigenvalue weighted by Crippen LogP contribution is -2.51. The van der Waals surface area contributed by atoms with E-state index in [1.807, 2.05) is 19.1 Å². The third-order valence-corrected chi connectivity index (χ3v) is 7.07. The van der Waals surface area contributed by atoms with E-state index in [0.29, 0.717) is 27.8 Å². The molecule has 180 valence electrons. The van der Waals surface area contributed by atoms with Crippen LogP contribution in [0.15, 0.2) is 42.5 Å². The van der Waals surface area contributed by atoms with Crippen LogP contribution in [0.25, 0.3) is 0 Å². The van der Waals surface area contributed by atoms with Crippen LogP contribution in [0.4, 0.5) is 5.69 Å². The molecule has 0 spiro atoms. The number of hydrogen-bond donors (Lipinski definition) is 1. The van der Waals surface area contributed by atoms with E-state index in [0.717, 1.165) is 22.5 Å². The van der Waals surface area contributed by atoms with Gasteiger partial charge >= 0.3 is 0 Å². The second-order valence-corrected chi connectivity index (χ2v) is 10.3. The molecule has 0 saturated carbocycles. The van der Waals surface area contributed by atoms with Gasteiger partial charge in [-0.25, -0.2) is 8.42 Å². The van der Waals surface area contributed by atoms with Crippen LogP contribution in [0.5, 0.6) is 0 Å². The molecular formula is C23H29Cl2N3O4S. The summed E-state index contributed by atoms with van der Waals surface area (Å²) in [6, 6.07) is 11.0. The van der Waals surface area contributed by atoms with Crippen molar-refractivity contribution in [3.8, 4) is 0 Å². The van der Waals surface area contributed by atoms with Crippen LogP contribution in [-0.4, -0.2) is 50.5 Å². The minimum Gasteiger partial charge on any atom is -0.355 e. The number of carbonyl (C=O) groups is 2. The van der Waals surface area contributed by atoms with E-state index in [2.05, 4.69) is 5.32 Å². The largest absolute Gasteiger partial charge is 0.355 e. The van der Waals surface area contributed by atoms with Crippen molar-refractivity contribution < 1.29 is 18.0 Å². The second kappa shape index (κ2) is 11.7. The van der Waals surface area contributed by atoms with Crippen molar-refractivity contribution in [1.29, 1.82) is 0 Å². The molecular weight excluding hydrogens is 485 g/mol. The Bertz CT molecular complexity index is 1070. The first-order valence-corrected chi connectivity index (χ1v) is 13.2. The summed E-state index contributed by atoms with van der Waals surface area (Å²) in [6.07, 6.45) is 1.84. The Balaban J connectivity index is 2.43. The molecule has 2 amide bonds. The number of amides is 2. The first kappa shape index (κ1) is 27.0. The highest BCUT2D eigenvalue weighted by molar-refractivity contribution is 7.92. The van der Waals surface area contributed by atoms with Gasteiger partial charge in [-0.2, -0.15) is 0 Å². The lowest BCUT2D eigenvalue weighted by Gasteiger charge is -2.31. The highest BCUT2D eigenvalue weighted by Gasteiger charge is 2.30. The van der Waals surface area contributed by atoms with E-state index >= 15 is 0 Å².